The molecule has 10 nitrogen and oxygen atoms in total. The fourth-order valence-corrected chi connectivity index (χ4v) is 5.00. The first-order valence-corrected chi connectivity index (χ1v) is 11.8. The molecule has 0 bridgehead atoms. The summed E-state index contributed by atoms with van der Waals surface area (Å²) >= 11 is 0. The first-order chi connectivity index (χ1) is 17.3. The van der Waals surface area contributed by atoms with Gasteiger partial charge in [-0.25, -0.2) is 4.39 Å². The zero-order chi connectivity index (χ0) is 25.4. The number of hydrogen-bond donors (Lipinski definition) is 4. The summed E-state index contributed by atoms with van der Waals surface area (Å²) in [4.78, 5) is 39.8. The van der Waals surface area contributed by atoms with E-state index >= 15 is 4.39 Å². The van der Waals surface area contributed by atoms with Crippen molar-refractivity contribution in [1.29, 1.82) is 0 Å². The average Bonchev–Trinajstić information content (AvgIpc) is 3.06. The van der Waals surface area contributed by atoms with Crippen LogP contribution in [0.4, 0.5) is 10.1 Å². The van der Waals surface area contributed by atoms with Gasteiger partial charge in [-0.3, -0.25) is 29.5 Å². The molecule has 0 spiro atoms. The maximum atomic E-state index is 15.3. The van der Waals surface area contributed by atoms with Crippen molar-refractivity contribution in [3.05, 3.63) is 64.5 Å². The summed E-state index contributed by atoms with van der Waals surface area (Å²) in [7, 11) is 0. The van der Waals surface area contributed by atoms with Gasteiger partial charge in [0.05, 0.1) is 24.3 Å². The van der Waals surface area contributed by atoms with Crippen LogP contribution < -0.4 is 10.6 Å². The highest BCUT2D eigenvalue weighted by atomic mass is 19.1. The van der Waals surface area contributed by atoms with Gasteiger partial charge in [0, 0.05) is 49.4 Å². The van der Waals surface area contributed by atoms with Crippen molar-refractivity contribution in [2.24, 2.45) is 0 Å². The van der Waals surface area contributed by atoms with Crippen molar-refractivity contribution < 1.29 is 33.7 Å². The lowest BCUT2D eigenvalue weighted by Gasteiger charge is -2.36. The summed E-state index contributed by atoms with van der Waals surface area (Å²) < 4.78 is 20.6. The SMILES string of the molecule is O=C1CCC(N2C(=O)c3cccc(NCc4cccc(CN5CCOCC5)c4F)c3C2(O)O)C(=O)N1. The summed E-state index contributed by atoms with van der Waals surface area (Å²) in [5.74, 6) is -5.15. The third-order valence-corrected chi connectivity index (χ3v) is 6.83. The van der Waals surface area contributed by atoms with Gasteiger partial charge < -0.3 is 20.3 Å². The smallest absolute Gasteiger partial charge is 0.281 e. The van der Waals surface area contributed by atoms with E-state index in [0.717, 1.165) is 13.1 Å². The Labute approximate surface area is 206 Å². The van der Waals surface area contributed by atoms with Crippen LogP contribution in [0.1, 0.15) is 39.9 Å². The Morgan fingerprint density at radius 2 is 1.81 bits per heavy atom. The van der Waals surface area contributed by atoms with Gasteiger partial charge in [0.1, 0.15) is 11.9 Å². The minimum absolute atomic E-state index is 0.0104. The third-order valence-electron chi connectivity index (χ3n) is 6.83. The Hall–Kier alpha value is -3.38. The van der Waals surface area contributed by atoms with E-state index in [0.29, 0.717) is 35.8 Å². The van der Waals surface area contributed by atoms with Crippen LogP contribution in [0, 0.1) is 5.82 Å². The fourth-order valence-electron chi connectivity index (χ4n) is 5.00. The van der Waals surface area contributed by atoms with Gasteiger partial charge in [0.15, 0.2) is 0 Å². The van der Waals surface area contributed by atoms with Gasteiger partial charge in [-0.05, 0) is 18.6 Å². The van der Waals surface area contributed by atoms with Crippen molar-refractivity contribution >= 4 is 23.4 Å². The number of rotatable bonds is 6. The topological polar surface area (TPSA) is 131 Å². The first kappa shape index (κ1) is 24.3. The van der Waals surface area contributed by atoms with E-state index in [1.807, 2.05) is 0 Å². The van der Waals surface area contributed by atoms with Crippen LogP contribution in [0.15, 0.2) is 36.4 Å². The van der Waals surface area contributed by atoms with Gasteiger partial charge >= 0.3 is 0 Å². The quantitative estimate of drug-likeness (QED) is 0.337. The van der Waals surface area contributed by atoms with Crippen LogP contribution in [-0.4, -0.2) is 70.1 Å². The Morgan fingerprint density at radius 3 is 2.56 bits per heavy atom. The molecule has 4 N–H and O–H groups in total. The highest BCUT2D eigenvalue weighted by Crippen LogP contribution is 2.42. The number of morpholine rings is 1. The van der Waals surface area contributed by atoms with E-state index in [1.54, 1.807) is 30.3 Å². The lowest BCUT2D eigenvalue weighted by atomic mass is 10.0. The average molecular weight is 499 g/mol. The highest BCUT2D eigenvalue weighted by molar-refractivity contribution is 6.06. The number of anilines is 1. The normalized spacial score (nSPS) is 21.9. The number of imide groups is 1. The number of carbonyl (C=O) groups is 3. The van der Waals surface area contributed by atoms with Gasteiger partial charge in [0.25, 0.3) is 11.8 Å². The van der Waals surface area contributed by atoms with E-state index in [4.69, 9.17) is 4.74 Å². The van der Waals surface area contributed by atoms with E-state index in [2.05, 4.69) is 15.5 Å². The van der Waals surface area contributed by atoms with E-state index < -0.39 is 29.7 Å². The van der Waals surface area contributed by atoms with Crippen molar-refractivity contribution in [3.63, 3.8) is 0 Å². The molecular weight excluding hydrogens is 471 g/mol. The number of aliphatic hydroxyl groups is 2. The molecule has 0 aromatic heterocycles. The zero-order valence-corrected chi connectivity index (χ0v) is 19.5. The summed E-state index contributed by atoms with van der Waals surface area (Å²) in [6.07, 6.45) is -0.0606. The minimum atomic E-state index is -2.80. The lowest BCUT2D eigenvalue weighted by Crippen LogP contribution is -2.58. The van der Waals surface area contributed by atoms with Crippen molar-refractivity contribution in [3.8, 4) is 0 Å². The Bertz CT molecular complexity index is 1210. The number of nitrogens with one attached hydrogen (secondary N) is 2. The molecule has 190 valence electrons. The number of ether oxygens (including phenoxy) is 1. The summed E-state index contributed by atoms with van der Waals surface area (Å²) in [6.45, 7) is 3.16. The summed E-state index contributed by atoms with van der Waals surface area (Å²) in [5, 5.41) is 27.2. The van der Waals surface area contributed by atoms with Crippen molar-refractivity contribution in [2.75, 3.05) is 31.6 Å². The predicted molar refractivity (Wildman–Crippen MR) is 125 cm³/mol. The lowest BCUT2D eigenvalue weighted by molar-refractivity contribution is -0.258. The molecule has 0 radical (unpaired) electrons. The second-order valence-electron chi connectivity index (χ2n) is 9.14. The maximum Gasteiger partial charge on any atom is 0.281 e. The number of nitrogens with zero attached hydrogens (tertiary/aromatic N) is 2. The number of hydrogen-bond acceptors (Lipinski definition) is 8. The molecule has 2 saturated heterocycles. The van der Waals surface area contributed by atoms with E-state index in [9.17, 15) is 24.6 Å². The number of carbonyl (C=O) groups excluding carboxylic acids is 3. The van der Waals surface area contributed by atoms with Crippen LogP contribution in [-0.2, 0) is 33.3 Å². The number of amides is 3. The largest absolute Gasteiger partial charge is 0.380 e. The molecule has 3 amide bonds. The maximum absolute atomic E-state index is 15.3. The molecule has 3 aliphatic rings. The second-order valence-corrected chi connectivity index (χ2v) is 9.14. The zero-order valence-electron chi connectivity index (χ0n) is 19.5. The molecule has 1 unspecified atom stereocenters. The molecule has 0 aliphatic carbocycles. The van der Waals surface area contributed by atoms with Crippen LogP contribution in [0.5, 0.6) is 0 Å². The van der Waals surface area contributed by atoms with Crippen molar-refractivity contribution in [2.45, 2.75) is 37.9 Å². The molecule has 11 heteroatoms. The molecular formula is C25H27FN4O6. The number of fused-ring (bicyclic) bond motifs is 1. The number of piperidine rings is 1. The number of halogens is 1. The molecule has 3 heterocycles. The monoisotopic (exact) mass is 498 g/mol. The van der Waals surface area contributed by atoms with Gasteiger partial charge in [0.2, 0.25) is 11.8 Å². The molecule has 2 aromatic carbocycles. The molecule has 1 atom stereocenters. The molecule has 0 saturated carbocycles. The molecule has 2 aromatic rings. The molecule has 36 heavy (non-hydrogen) atoms. The Balaban J connectivity index is 1.37. The first-order valence-electron chi connectivity index (χ1n) is 11.8. The molecule has 2 fully saturated rings. The van der Waals surface area contributed by atoms with Crippen molar-refractivity contribution in [1.82, 2.24) is 15.1 Å². The van der Waals surface area contributed by atoms with Gasteiger partial charge in [-0.15, -0.1) is 0 Å². The fraction of sp³-hybridized carbons (Fsp3) is 0.400. The van der Waals surface area contributed by atoms with Gasteiger partial charge in [-0.2, -0.15) is 0 Å². The van der Waals surface area contributed by atoms with E-state index in [1.165, 1.54) is 6.07 Å². The van der Waals surface area contributed by atoms with Crippen LogP contribution >= 0.6 is 0 Å². The standard InChI is InChI=1S/C25H27FN4O6/c26-22-15(3-1-4-16(22)14-29-9-11-36-12-10-29)13-27-18-6-2-5-17-21(18)25(34,35)30(24(17)33)19-7-8-20(31)28-23(19)32/h1-6,19,27,34-35H,7-14H2,(H,28,31,32). The van der Waals surface area contributed by atoms with Gasteiger partial charge in [-0.1, -0.05) is 24.3 Å². The third kappa shape index (κ3) is 4.35. The summed E-state index contributed by atoms with van der Waals surface area (Å²) in [6, 6.07) is 8.46. The predicted octanol–water partition coefficient (Wildman–Crippen LogP) is 0.626. The molecule has 5 rings (SSSR count). The summed E-state index contributed by atoms with van der Waals surface area (Å²) in [5.41, 5.74) is 1.04. The minimum Gasteiger partial charge on any atom is -0.380 e. The Morgan fingerprint density at radius 1 is 1.08 bits per heavy atom. The highest BCUT2D eigenvalue weighted by Gasteiger charge is 2.54. The molecule has 3 aliphatic heterocycles. The van der Waals surface area contributed by atoms with Crippen LogP contribution in [0.3, 0.4) is 0 Å². The Kier molecular flexibility index (Phi) is 6.47. The second kappa shape index (κ2) is 9.58. The van der Waals surface area contributed by atoms with Crippen LogP contribution in [0.2, 0.25) is 0 Å². The van der Waals surface area contributed by atoms with Crippen LogP contribution in [0.25, 0.3) is 0 Å². The van der Waals surface area contributed by atoms with E-state index in [-0.39, 0.29) is 42.0 Å². The number of benzene rings is 2.